The van der Waals surface area contributed by atoms with Crippen molar-refractivity contribution in [2.24, 2.45) is 11.8 Å². The van der Waals surface area contributed by atoms with Crippen molar-refractivity contribution in [2.45, 2.75) is 64.8 Å². The second kappa shape index (κ2) is 6.55. The van der Waals surface area contributed by atoms with E-state index in [1.54, 1.807) is 4.31 Å². The Hall–Kier alpha value is -0.130. The average Bonchev–Trinajstić information content (AvgIpc) is 2.55. The smallest absolute Gasteiger partial charge is 0.199 e. The predicted molar refractivity (Wildman–Crippen MR) is 78.1 cm³/mol. The summed E-state index contributed by atoms with van der Waals surface area (Å²) in [7, 11) is -3.28. The van der Waals surface area contributed by atoms with Gasteiger partial charge < -0.3 is 0 Å². The molecule has 0 aromatic rings. The first kappa shape index (κ1) is 15.3. The van der Waals surface area contributed by atoms with E-state index in [9.17, 15) is 8.42 Å². The van der Waals surface area contributed by atoms with Crippen LogP contribution in [0.5, 0.6) is 0 Å². The fraction of sp³-hybridized carbons (Fsp3) is 1.00. The number of piperidine rings is 1. The molecule has 1 aliphatic heterocycles. The molecule has 2 aliphatic rings. The first-order valence-electron chi connectivity index (χ1n) is 7.75. The number of nitrogens with zero attached hydrogens (tertiary/aromatic N) is 1. The van der Waals surface area contributed by atoms with E-state index < -0.39 is 10.2 Å². The van der Waals surface area contributed by atoms with Crippen LogP contribution in [0.3, 0.4) is 0 Å². The normalized spacial score (nSPS) is 32.1. The molecule has 0 spiro atoms. The molecule has 2 rings (SSSR count). The number of hydrogen-bond acceptors (Lipinski definition) is 2. The lowest BCUT2D eigenvalue weighted by Gasteiger charge is -2.35. The van der Waals surface area contributed by atoms with Crippen molar-refractivity contribution in [1.29, 1.82) is 0 Å². The molecule has 2 unspecified atom stereocenters. The minimum atomic E-state index is -3.28. The molecular formula is C14H28N2O2S. The summed E-state index contributed by atoms with van der Waals surface area (Å²) in [6, 6.07) is 0.153. The van der Waals surface area contributed by atoms with Gasteiger partial charge in [-0.15, -0.1) is 0 Å². The van der Waals surface area contributed by atoms with Crippen LogP contribution in [-0.4, -0.2) is 31.9 Å². The van der Waals surface area contributed by atoms with E-state index in [-0.39, 0.29) is 6.04 Å². The third-order valence-electron chi connectivity index (χ3n) is 4.35. The molecule has 0 aromatic carbocycles. The van der Waals surface area contributed by atoms with Gasteiger partial charge in [0.2, 0.25) is 0 Å². The van der Waals surface area contributed by atoms with E-state index in [0.29, 0.717) is 24.9 Å². The highest BCUT2D eigenvalue weighted by Gasteiger charge is 2.31. The van der Waals surface area contributed by atoms with Gasteiger partial charge in [-0.3, -0.25) is 0 Å². The van der Waals surface area contributed by atoms with Crippen molar-refractivity contribution in [3.05, 3.63) is 0 Å². The molecule has 0 amide bonds. The van der Waals surface area contributed by atoms with Gasteiger partial charge in [0, 0.05) is 19.1 Å². The average molecular weight is 288 g/mol. The van der Waals surface area contributed by atoms with Gasteiger partial charge in [-0.1, -0.05) is 39.5 Å². The van der Waals surface area contributed by atoms with Crippen LogP contribution in [0.2, 0.25) is 0 Å². The van der Waals surface area contributed by atoms with Crippen molar-refractivity contribution in [3.63, 3.8) is 0 Å². The van der Waals surface area contributed by atoms with Crippen LogP contribution in [0.4, 0.5) is 0 Å². The van der Waals surface area contributed by atoms with E-state index in [2.05, 4.69) is 18.6 Å². The standard InChI is InChI=1S/C14H28N2O2S/c1-12-9-13(2)11-16(10-12)19(17,18)15-14-7-5-3-4-6-8-14/h12-15H,3-11H2,1-2H3. The van der Waals surface area contributed by atoms with Gasteiger partial charge in [-0.2, -0.15) is 17.4 Å². The molecule has 5 heteroatoms. The Bertz CT molecular complexity index is 365. The van der Waals surface area contributed by atoms with Gasteiger partial charge in [-0.05, 0) is 31.1 Å². The minimum absolute atomic E-state index is 0.153. The van der Waals surface area contributed by atoms with Crippen LogP contribution in [0, 0.1) is 11.8 Å². The molecule has 1 aliphatic carbocycles. The molecule has 1 saturated heterocycles. The lowest BCUT2D eigenvalue weighted by atomic mass is 9.94. The fourth-order valence-electron chi connectivity index (χ4n) is 3.48. The lowest BCUT2D eigenvalue weighted by molar-refractivity contribution is 0.219. The monoisotopic (exact) mass is 288 g/mol. The highest BCUT2D eigenvalue weighted by Crippen LogP contribution is 2.24. The van der Waals surface area contributed by atoms with Crippen molar-refractivity contribution in [3.8, 4) is 0 Å². The molecule has 0 radical (unpaired) electrons. The predicted octanol–water partition coefficient (Wildman–Crippen LogP) is 2.52. The topological polar surface area (TPSA) is 49.4 Å². The summed E-state index contributed by atoms with van der Waals surface area (Å²) >= 11 is 0. The van der Waals surface area contributed by atoms with Crippen molar-refractivity contribution < 1.29 is 8.42 Å². The Morgan fingerprint density at radius 2 is 1.47 bits per heavy atom. The first-order chi connectivity index (χ1) is 8.97. The Kier molecular flexibility index (Phi) is 5.26. The maximum absolute atomic E-state index is 12.5. The van der Waals surface area contributed by atoms with Crippen molar-refractivity contribution in [2.75, 3.05) is 13.1 Å². The minimum Gasteiger partial charge on any atom is -0.199 e. The molecule has 2 fully saturated rings. The van der Waals surface area contributed by atoms with Gasteiger partial charge in [0.25, 0.3) is 10.2 Å². The SMILES string of the molecule is CC1CC(C)CN(S(=O)(=O)NC2CCCCCC2)C1. The molecule has 0 aromatic heterocycles. The van der Waals surface area contributed by atoms with Gasteiger partial charge in [0.1, 0.15) is 0 Å². The van der Waals surface area contributed by atoms with Crippen molar-refractivity contribution in [1.82, 2.24) is 9.03 Å². The Balaban J connectivity index is 1.96. The largest absolute Gasteiger partial charge is 0.279 e. The zero-order valence-electron chi connectivity index (χ0n) is 12.3. The van der Waals surface area contributed by atoms with Crippen molar-refractivity contribution >= 4 is 10.2 Å². The molecule has 112 valence electrons. The molecule has 1 heterocycles. The van der Waals surface area contributed by atoms with E-state index in [4.69, 9.17) is 0 Å². The number of rotatable bonds is 3. The summed E-state index contributed by atoms with van der Waals surface area (Å²) in [4.78, 5) is 0. The number of nitrogens with one attached hydrogen (secondary N) is 1. The Labute approximate surface area is 118 Å². The molecule has 4 nitrogen and oxygen atoms in total. The number of hydrogen-bond donors (Lipinski definition) is 1. The summed E-state index contributed by atoms with van der Waals surface area (Å²) in [5.41, 5.74) is 0. The molecule has 2 atom stereocenters. The zero-order chi connectivity index (χ0) is 13.9. The maximum atomic E-state index is 12.5. The second-order valence-electron chi connectivity index (χ2n) is 6.57. The quantitative estimate of drug-likeness (QED) is 0.811. The van der Waals surface area contributed by atoms with E-state index >= 15 is 0 Å². The van der Waals surface area contributed by atoms with Crippen LogP contribution < -0.4 is 4.72 Å². The highest BCUT2D eigenvalue weighted by atomic mass is 32.2. The van der Waals surface area contributed by atoms with E-state index in [1.165, 1.54) is 12.8 Å². The van der Waals surface area contributed by atoms with E-state index in [1.807, 2.05) is 0 Å². The van der Waals surface area contributed by atoms with Crippen LogP contribution in [0.1, 0.15) is 58.8 Å². The molecule has 19 heavy (non-hydrogen) atoms. The maximum Gasteiger partial charge on any atom is 0.279 e. The third kappa shape index (κ3) is 4.43. The molecule has 1 saturated carbocycles. The first-order valence-corrected chi connectivity index (χ1v) is 9.19. The van der Waals surface area contributed by atoms with Crippen LogP contribution >= 0.6 is 0 Å². The Morgan fingerprint density at radius 1 is 0.947 bits per heavy atom. The second-order valence-corrected chi connectivity index (χ2v) is 8.28. The summed E-state index contributed by atoms with van der Waals surface area (Å²) < 4.78 is 29.6. The van der Waals surface area contributed by atoms with Gasteiger partial charge in [-0.25, -0.2) is 0 Å². The third-order valence-corrected chi connectivity index (χ3v) is 5.96. The molecular weight excluding hydrogens is 260 g/mol. The van der Waals surface area contributed by atoms with Gasteiger partial charge in [0.15, 0.2) is 0 Å². The lowest BCUT2D eigenvalue weighted by Crippen LogP contribution is -2.50. The summed E-state index contributed by atoms with van der Waals surface area (Å²) in [6.45, 7) is 5.63. The van der Waals surface area contributed by atoms with Gasteiger partial charge >= 0.3 is 0 Å². The summed E-state index contributed by atoms with van der Waals surface area (Å²) in [5, 5.41) is 0. The molecule has 0 bridgehead atoms. The summed E-state index contributed by atoms with van der Waals surface area (Å²) in [6.07, 6.45) is 7.93. The Morgan fingerprint density at radius 3 is 2.00 bits per heavy atom. The summed E-state index contributed by atoms with van der Waals surface area (Å²) in [5.74, 6) is 0.934. The fourth-order valence-corrected chi connectivity index (χ4v) is 5.19. The van der Waals surface area contributed by atoms with Gasteiger partial charge in [0.05, 0.1) is 0 Å². The molecule has 1 N–H and O–H groups in total. The van der Waals surface area contributed by atoms with Crippen LogP contribution in [0.25, 0.3) is 0 Å². The van der Waals surface area contributed by atoms with Crippen LogP contribution in [0.15, 0.2) is 0 Å². The van der Waals surface area contributed by atoms with E-state index in [0.717, 1.165) is 32.1 Å². The zero-order valence-corrected chi connectivity index (χ0v) is 13.1. The highest BCUT2D eigenvalue weighted by molar-refractivity contribution is 7.87. The van der Waals surface area contributed by atoms with Crippen LogP contribution in [-0.2, 0) is 10.2 Å².